The molecule has 1 unspecified atom stereocenters. The van der Waals surface area contributed by atoms with Crippen LogP contribution in [-0.2, 0) is 17.9 Å². The number of likely N-dealkylation sites (N-methyl/N-ethyl adjacent to an activating group) is 1. The minimum absolute atomic E-state index is 0. The number of halogens is 2. The van der Waals surface area contributed by atoms with Crippen molar-refractivity contribution in [2.24, 2.45) is 5.92 Å². The topological polar surface area (TPSA) is 31.7 Å². The van der Waals surface area contributed by atoms with Gasteiger partial charge in [-0.05, 0) is 61.6 Å². The summed E-state index contributed by atoms with van der Waals surface area (Å²) in [6.07, 6.45) is 2.09. The maximum atomic E-state index is 13.2. The molecule has 1 atom stereocenters. The highest BCUT2D eigenvalue weighted by molar-refractivity contribution is 6.30. The molecule has 7 heteroatoms. The summed E-state index contributed by atoms with van der Waals surface area (Å²) < 4.78 is 2.42. The van der Waals surface area contributed by atoms with E-state index >= 15 is 0 Å². The maximum Gasteiger partial charge on any atom is 0.227 e. The van der Waals surface area contributed by atoms with Crippen molar-refractivity contribution >= 4 is 40.8 Å². The van der Waals surface area contributed by atoms with Gasteiger partial charge in [0, 0.05) is 62.0 Å². The van der Waals surface area contributed by atoms with E-state index in [0.717, 1.165) is 70.2 Å². The fourth-order valence-electron chi connectivity index (χ4n) is 5.27. The molecule has 3 aromatic rings. The highest BCUT2D eigenvalue weighted by Gasteiger charge is 2.31. The molecular weight excluding hydrogens is 467 g/mol. The van der Waals surface area contributed by atoms with Crippen LogP contribution in [0.25, 0.3) is 10.9 Å². The Morgan fingerprint density at radius 2 is 1.71 bits per heavy atom. The van der Waals surface area contributed by atoms with Crippen LogP contribution in [0.3, 0.4) is 0 Å². The molecule has 3 heterocycles. The van der Waals surface area contributed by atoms with Gasteiger partial charge in [0.1, 0.15) is 0 Å². The number of hydrogen-bond acceptors (Lipinski definition) is 3. The lowest BCUT2D eigenvalue weighted by Crippen LogP contribution is -2.51. The number of aromatic nitrogens is 1. The number of piperidine rings is 1. The lowest BCUT2D eigenvalue weighted by molar-refractivity contribution is -0.139. The minimum atomic E-state index is 0. The van der Waals surface area contributed by atoms with E-state index in [0.29, 0.717) is 5.91 Å². The van der Waals surface area contributed by atoms with E-state index in [9.17, 15) is 4.79 Å². The Hall–Kier alpha value is -2.05. The smallest absolute Gasteiger partial charge is 0.227 e. The summed E-state index contributed by atoms with van der Waals surface area (Å²) in [5.74, 6) is 0.478. The van der Waals surface area contributed by atoms with Crippen LogP contribution in [0.4, 0.5) is 0 Å². The summed E-state index contributed by atoms with van der Waals surface area (Å²) in [5.41, 5.74) is 3.80. The molecular formula is C27H34Cl2N4O. The first-order valence-electron chi connectivity index (χ1n) is 12.1. The van der Waals surface area contributed by atoms with Crippen LogP contribution in [0.5, 0.6) is 0 Å². The first-order valence-corrected chi connectivity index (χ1v) is 12.5. The van der Waals surface area contributed by atoms with Crippen LogP contribution in [0.15, 0.2) is 54.6 Å². The van der Waals surface area contributed by atoms with Gasteiger partial charge in [0.2, 0.25) is 5.91 Å². The average molecular weight is 502 g/mol. The molecule has 2 aromatic carbocycles. The number of nitrogens with zero attached hydrogens (tertiary/aromatic N) is 4. The van der Waals surface area contributed by atoms with Crippen molar-refractivity contribution in [1.82, 2.24) is 19.3 Å². The van der Waals surface area contributed by atoms with E-state index in [1.807, 2.05) is 12.1 Å². The van der Waals surface area contributed by atoms with E-state index < -0.39 is 0 Å². The van der Waals surface area contributed by atoms with Crippen molar-refractivity contribution < 1.29 is 4.79 Å². The van der Waals surface area contributed by atoms with Crippen LogP contribution in [-0.4, -0.2) is 71.5 Å². The molecule has 5 rings (SSSR count). The lowest BCUT2D eigenvalue weighted by Gasteiger charge is -2.38. The van der Waals surface area contributed by atoms with Gasteiger partial charge in [-0.2, -0.15) is 0 Å². The number of carbonyl (C=O) groups excluding carboxylic acids is 1. The van der Waals surface area contributed by atoms with Crippen LogP contribution in [0.1, 0.15) is 24.1 Å². The maximum absolute atomic E-state index is 13.2. The van der Waals surface area contributed by atoms with Crippen LogP contribution >= 0.6 is 24.0 Å². The van der Waals surface area contributed by atoms with Gasteiger partial charge in [-0.15, -0.1) is 12.4 Å². The van der Waals surface area contributed by atoms with Crippen LogP contribution < -0.4 is 0 Å². The van der Waals surface area contributed by atoms with Crippen molar-refractivity contribution in [3.8, 4) is 0 Å². The fourth-order valence-corrected chi connectivity index (χ4v) is 5.40. The highest BCUT2D eigenvalue weighted by atomic mass is 35.5. The molecule has 0 saturated carbocycles. The predicted octanol–water partition coefficient (Wildman–Crippen LogP) is 4.75. The molecule has 34 heavy (non-hydrogen) atoms. The minimum Gasteiger partial charge on any atom is -0.340 e. The first kappa shape index (κ1) is 25.1. The molecule has 1 aromatic heterocycles. The molecule has 0 radical (unpaired) electrons. The Labute approximate surface area is 213 Å². The molecule has 182 valence electrons. The van der Waals surface area contributed by atoms with E-state index in [1.54, 1.807) is 0 Å². The zero-order valence-electron chi connectivity index (χ0n) is 19.8. The average Bonchev–Trinajstić information content (AvgIpc) is 3.17. The summed E-state index contributed by atoms with van der Waals surface area (Å²) >= 11 is 6.10. The Balaban J connectivity index is 0.00000274. The van der Waals surface area contributed by atoms with Crippen molar-refractivity contribution in [3.05, 3.63) is 70.9 Å². The number of piperazine rings is 1. The number of fused-ring (bicyclic) bond motifs is 1. The monoisotopic (exact) mass is 500 g/mol. The number of rotatable bonds is 5. The molecule has 0 bridgehead atoms. The van der Waals surface area contributed by atoms with Gasteiger partial charge in [-0.3, -0.25) is 9.69 Å². The fraction of sp³-hybridized carbons (Fsp3) is 0.444. The number of para-hydroxylation sites is 1. The van der Waals surface area contributed by atoms with Crippen LogP contribution in [0.2, 0.25) is 5.02 Å². The zero-order valence-corrected chi connectivity index (χ0v) is 21.4. The molecule has 5 nitrogen and oxygen atoms in total. The van der Waals surface area contributed by atoms with Gasteiger partial charge in [-0.1, -0.05) is 41.9 Å². The highest BCUT2D eigenvalue weighted by Crippen LogP contribution is 2.26. The van der Waals surface area contributed by atoms with Crippen molar-refractivity contribution in [2.45, 2.75) is 25.9 Å². The van der Waals surface area contributed by atoms with Crippen molar-refractivity contribution in [2.75, 3.05) is 46.3 Å². The second-order valence-electron chi connectivity index (χ2n) is 9.61. The van der Waals surface area contributed by atoms with E-state index in [1.165, 1.54) is 22.2 Å². The Morgan fingerprint density at radius 3 is 2.47 bits per heavy atom. The van der Waals surface area contributed by atoms with Gasteiger partial charge in [-0.25, -0.2) is 0 Å². The number of likely N-dealkylation sites (tertiary alicyclic amines) is 1. The van der Waals surface area contributed by atoms with Gasteiger partial charge < -0.3 is 14.4 Å². The third-order valence-electron chi connectivity index (χ3n) is 7.21. The second kappa shape index (κ2) is 11.1. The number of amides is 1. The normalized spacial score (nSPS) is 19.8. The van der Waals surface area contributed by atoms with Gasteiger partial charge >= 0.3 is 0 Å². The van der Waals surface area contributed by atoms with Gasteiger partial charge in [0.05, 0.1) is 5.92 Å². The molecule has 1 amide bonds. The quantitative estimate of drug-likeness (QED) is 0.506. The molecule has 0 N–H and O–H groups in total. The summed E-state index contributed by atoms with van der Waals surface area (Å²) in [7, 11) is 2.13. The first-order chi connectivity index (χ1) is 16.1. The summed E-state index contributed by atoms with van der Waals surface area (Å²) in [4.78, 5) is 20.1. The predicted molar refractivity (Wildman–Crippen MR) is 142 cm³/mol. The van der Waals surface area contributed by atoms with Crippen molar-refractivity contribution in [3.63, 3.8) is 0 Å². The third kappa shape index (κ3) is 5.60. The number of benzene rings is 2. The Kier molecular flexibility index (Phi) is 8.20. The van der Waals surface area contributed by atoms with Gasteiger partial charge in [0.25, 0.3) is 0 Å². The SMILES string of the molecule is CN1CCN(C(=O)C2CCCN(Cc3cc4ccccc4n3Cc3ccc(Cl)cc3)C2)CC1.Cl. The summed E-state index contributed by atoms with van der Waals surface area (Å²) in [6, 6.07) is 19.0. The Bertz CT molecular complexity index is 1110. The van der Waals surface area contributed by atoms with E-state index in [2.05, 4.69) is 68.8 Å². The van der Waals surface area contributed by atoms with Gasteiger partial charge in [0.15, 0.2) is 0 Å². The molecule has 0 spiro atoms. The molecule has 2 aliphatic heterocycles. The lowest BCUT2D eigenvalue weighted by atomic mass is 9.96. The summed E-state index contributed by atoms with van der Waals surface area (Å²) in [5, 5.41) is 2.03. The molecule has 0 aliphatic carbocycles. The standard InChI is InChI=1S/C27H33ClN4O.ClH/c1-29-13-15-31(16-14-29)27(33)23-6-4-12-30(19-23)20-25-17-22-5-2-3-7-26(22)32(25)18-21-8-10-24(28)11-9-21;/h2-3,5,7-11,17,23H,4,6,12-16,18-20H2,1H3;1H. The molecule has 2 fully saturated rings. The largest absolute Gasteiger partial charge is 0.340 e. The van der Waals surface area contributed by atoms with Crippen molar-refractivity contribution in [1.29, 1.82) is 0 Å². The van der Waals surface area contributed by atoms with E-state index in [-0.39, 0.29) is 18.3 Å². The van der Waals surface area contributed by atoms with Crippen LogP contribution in [0, 0.1) is 5.92 Å². The van der Waals surface area contributed by atoms with E-state index in [4.69, 9.17) is 11.6 Å². The summed E-state index contributed by atoms with van der Waals surface area (Å²) in [6.45, 7) is 7.28. The molecule has 2 aliphatic rings. The number of hydrogen-bond donors (Lipinski definition) is 0. The second-order valence-corrected chi connectivity index (χ2v) is 10.0. The zero-order chi connectivity index (χ0) is 22.8. The molecule has 2 saturated heterocycles. The Morgan fingerprint density at radius 1 is 0.971 bits per heavy atom. The number of carbonyl (C=O) groups is 1. The third-order valence-corrected chi connectivity index (χ3v) is 7.46.